The van der Waals surface area contributed by atoms with E-state index in [-0.39, 0.29) is 5.91 Å². The van der Waals surface area contributed by atoms with Crippen molar-refractivity contribution in [2.75, 3.05) is 44.2 Å². The number of carbonyl (C=O) groups is 1. The molecule has 1 amide bonds. The zero-order valence-corrected chi connectivity index (χ0v) is 15.3. The fourth-order valence-corrected chi connectivity index (χ4v) is 3.11. The Morgan fingerprint density at radius 2 is 1.62 bits per heavy atom. The number of rotatable bonds is 7. The summed E-state index contributed by atoms with van der Waals surface area (Å²) in [6.45, 7) is 7.36. The van der Waals surface area contributed by atoms with E-state index < -0.39 is 6.10 Å². The van der Waals surface area contributed by atoms with Crippen molar-refractivity contribution in [3.8, 4) is 5.75 Å². The summed E-state index contributed by atoms with van der Waals surface area (Å²) in [5.41, 5.74) is 1.28. The molecule has 0 radical (unpaired) electrons. The molecule has 1 N–H and O–H groups in total. The van der Waals surface area contributed by atoms with Gasteiger partial charge >= 0.3 is 0 Å². The fraction of sp³-hybridized carbons (Fsp3) is 0.381. The Morgan fingerprint density at radius 3 is 2.27 bits per heavy atom. The lowest BCUT2D eigenvalue weighted by Gasteiger charge is -2.36. The Morgan fingerprint density at radius 1 is 1.00 bits per heavy atom. The Kier molecular flexibility index (Phi) is 6.50. The van der Waals surface area contributed by atoms with Crippen LogP contribution in [-0.4, -0.2) is 56.2 Å². The monoisotopic (exact) mass is 353 g/mol. The van der Waals surface area contributed by atoms with Crippen LogP contribution in [0.3, 0.4) is 0 Å². The average Bonchev–Trinajstić information content (AvgIpc) is 2.70. The number of hydrogen-bond donors (Lipinski definition) is 1. The van der Waals surface area contributed by atoms with Crippen LogP contribution in [0.5, 0.6) is 5.75 Å². The van der Waals surface area contributed by atoms with E-state index in [1.54, 1.807) is 6.92 Å². The van der Waals surface area contributed by atoms with Crippen LogP contribution >= 0.6 is 0 Å². The van der Waals surface area contributed by atoms with Crippen molar-refractivity contribution in [2.24, 2.45) is 0 Å². The number of para-hydroxylation sites is 2. The molecule has 1 aliphatic heterocycles. The average molecular weight is 353 g/mol. The van der Waals surface area contributed by atoms with Gasteiger partial charge in [0.05, 0.1) is 0 Å². The third-order valence-electron chi connectivity index (χ3n) is 4.65. The van der Waals surface area contributed by atoms with Crippen LogP contribution in [0.1, 0.15) is 6.92 Å². The largest absolute Gasteiger partial charge is 0.481 e. The van der Waals surface area contributed by atoms with Crippen molar-refractivity contribution in [3.05, 3.63) is 60.7 Å². The number of benzene rings is 2. The van der Waals surface area contributed by atoms with Gasteiger partial charge in [0.2, 0.25) is 0 Å². The smallest absolute Gasteiger partial charge is 0.260 e. The molecule has 1 fully saturated rings. The van der Waals surface area contributed by atoms with Crippen LogP contribution in [-0.2, 0) is 4.79 Å². The first kappa shape index (κ1) is 18.3. The van der Waals surface area contributed by atoms with Crippen LogP contribution in [0.15, 0.2) is 60.7 Å². The van der Waals surface area contributed by atoms with Crippen molar-refractivity contribution >= 4 is 11.6 Å². The van der Waals surface area contributed by atoms with Gasteiger partial charge in [0.15, 0.2) is 6.10 Å². The molecule has 0 spiro atoms. The maximum Gasteiger partial charge on any atom is 0.260 e. The highest BCUT2D eigenvalue weighted by atomic mass is 16.5. The standard InChI is InChI=1S/C21H27N3O2/c1-18(26-20-10-6-3-7-11-20)21(25)22-12-13-23-14-16-24(17-15-23)19-8-4-2-5-9-19/h2-11,18H,12-17H2,1H3,(H,22,25). The third kappa shape index (κ3) is 5.23. The Balaban J connectivity index is 1.34. The summed E-state index contributed by atoms with van der Waals surface area (Å²) >= 11 is 0. The van der Waals surface area contributed by atoms with Gasteiger partial charge in [-0.15, -0.1) is 0 Å². The molecule has 0 aromatic heterocycles. The first-order chi connectivity index (χ1) is 12.7. The quantitative estimate of drug-likeness (QED) is 0.830. The molecule has 0 bridgehead atoms. The number of nitrogens with one attached hydrogen (secondary N) is 1. The molecular formula is C21H27N3O2. The molecule has 3 rings (SSSR count). The van der Waals surface area contributed by atoms with Gasteiger partial charge in [0, 0.05) is 45.0 Å². The number of amides is 1. The molecule has 0 aliphatic carbocycles. The topological polar surface area (TPSA) is 44.8 Å². The summed E-state index contributed by atoms with van der Waals surface area (Å²) in [5, 5.41) is 2.97. The van der Waals surface area contributed by atoms with Crippen LogP contribution in [0.2, 0.25) is 0 Å². The van der Waals surface area contributed by atoms with Crippen LogP contribution in [0.25, 0.3) is 0 Å². The maximum atomic E-state index is 12.2. The number of anilines is 1. The van der Waals surface area contributed by atoms with E-state index in [0.717, 1.165) is 32.7 Å². The van der Waals surface area contributed by atoms with Crippen LogP contribution in [0.4, 0.5) is 5.69 Å². The number of ether oxygens (including phenoxy) is 1. The molecule has 1 saturated heterocycles. The summed E-state index contributed by atoms with van der Waals surface area (Å²) in [5.74, 6) is 0.643. The predicted molar refractivity (Wildman–Crippen MR) is 105 cm³/mol. The lowest BCUT2D eigenvalue weighted by molar-refractivity contribution is -0.127. The molecule has 5 nitrogen and oxygen atoms in total. The van der Waals surface area contributed by atoms with Crippen LogP contribution < -0.4 is 15.0 Å². The summed E-state index contributed by atoms with van der Waals surface area (Å²) in [4.78, 5) is 17.0. The predicted octanol–water partition coefficient (Wildman–Crippen LogP) is 2.39. The van der Waals surface area contributed by atoms with E-state index in [1.165, 1.54) is 5.69 Å². The highest BCUT2D eigenvalue weighted by Crippen LogP contribution is 2.15. The lowest BCUT2D eigenvalue weighted by Crippen LogP contribution is -2.49. The molecular weight excluding hydrogens is 326 g/mol. The van der Waals surface area contributed by atoms with Gasteiger partial charge in [-0.3, -0.25) is 9.69 Å². The van der Waals surface area contributed by atoms with Crippen molar-refractivity contribution < 1.29 is 9.53 Å². The number of piperazine rings is 1. The minimum absolute atomic E-state index is 0.0724. The fourth-order valence-electron chi connectivity index (χ4n) is 3.11. The highest BCUT2D eigenvalue weighted by molar-refractivity contribution is 5.80. The Labute approximate surface area is 155 Å². The van der Waals surface area contributed by atoms with Crippen molar-refractivity contribution in [1.82, 2.24) is 10.2 Å². The van der Waals surface area contributed by atoms with E-state index >= 15 is 0 Å². The van der Waals surface area contributed by atoms with Crippen molar-refractivity contribution in [1.29, 1.82) is 0 Å². The van der Waals surface area contributed by atoms with Gasteiger partial charge in [-0.05, 0) is 31.2 Å². The maximum absolute atomic E-state index is 12.2. The van der Waals surface area contributed by atoms with Crippen molar-refractivity contribution in [3.63, 3.8) is 0 Å². The van der Waals surface area contributed by atoms with Gasteiger partial charge in [-0.25, -0.2) is 0 Å². The molecule has 2 aromatic rings. The second-order valence-corrected chi connectivity index (χ2v) is 6.53. The summed E-state index contributed by atoms with van der Waals surface area (Å²) < 4.78 is 5.65. The minimum atomic E-state index is -0.493. The molecule has 2 aromatic carbocycles. The van der Waals surface area contributed by atoms with Gasteiger partial charge < -0.3 is 15.0 Å². The Hall–Kier alpha value is -2.53. The second-order valence-electron chi connectivity index (χ2n) is 6.53. The summed E-state index contributed by atoms with van der Waals surface area (Å²) in [6.07, 6.45) is -0.493. The molecule has 5 heteroatoms. The van der Waals surface area contributed by atoms with E-state index in [2.05, 4.69) is 39.4 Å². The molecule has 1 heterocycles. The van der Waals surface area contributed by atoms with Gasteiger partial charge in [-0.1, -0.05) is 36.4 Å². The number of hydrogen-bond acceptors (Lipinski definition) is 4. The van der Waals surface area contributed by atoms with Gasteiger partial charge in [0.25, 0.3) is 5.91 Å². The van der Waals surface area contributed by atoms with Gasteiger partial charge in [0.1, 0.15) is 5.75 Å². The summed E-state index contributed by atoms with van der Waals surface area (Å²) in [7, 11) is 0. The molecule has 138 valence electrons. The minimum Gasteiger partial charge on any atom is -0.481 e. The second kappa shape index (κ2) is 9.25. The van der Waals surface area contributed by atoms with E-state index in [4.69, 9.17) is 4.74 Å². The molecule has 1 atom stereocenters. The third-order valence-corrected chi connectivity index (χ3v) is 4.65. The van der Waals surface area contributed by atoms with E-state index in [1.807, 2.05) is 36.4 Å². The highest BCUT2D eigenvalue weighted by Gasteiger charge is 2.18. The van der Waals surface area contributed by atoms with E-state index in [9.17, 15) is 4.79 Å². The van der Waals surface area contributed by atoms with Gasteiger partial charge in [-0.2, -0.15) is 0 Å². The summed E-state index contributed by atoms with van der Waals surface area (Å²) in [6, 6.07) is 20.0. The first-order valence-electron chi connectivity index (χ1n) is 9.24. The molecule has 0 saturated carbocycles. The molecule has 1 aliphatic rings. The zero-order valence-electron chi connectivity index (χ0n) is 15.3. The molecule has 26 heavy (non-hydrogen) atoms. The Bertz CT molecular complexity index is 670. The van der Waals surface area contributed by atoms with Crippen LogP contribution in [0, 0.1) is 0 Å². The van der Waals surface area contributed by atoms with Crippen molar-refractivity contribution in [2.45, 2.75) is 13.0 Å². The zero-order chi connectivity index (χ0) is 18.2. The molecule has 1 unspecified atom stereocenters. The first-order valence-corrected chi connectivity index (χ1v) is 9.24. The SMILES string of the molecule is CC(Oc1ccccc1)C(=O)NCCN1CCN(c2ccccc2)CC1. The van der Waals surface area contributed by atoms with E-state index in [0.29, 0.717) is 12.3 Å². The lowest BCUT2D eigenvalue weighted by atomic mass is 10.2. The number of nitrogens with zero attached hydrogens (tertiary/aromatic N) is 2. The normalized spacial score (nSPS) is 16.1. The number of carbonyl (C=O) groups excluding carboxylic acids is 1.